The molecule has 1 unspecified atom stereocenters. The third kappa shape index (κ3) is 4.22. The van der Waals surface area contributed by atoms with Crippen molar-refractivity contribution in [2.45, 2.75) is 49.8 Å². The average molecular weight is 401 g/mol. The van der Waals surface area contributed by atoms with Crippen molar-refractivity contribution < 1.29 is 0 Å². The number of hydrogen-bond donors (Lipinski definition) is 0. The van der Waals surface area contributed by atoms with E-state index in [1.807, 2.05) is 0 Å². The summed E-state index contributed by atoms with van der Waals surface area (Å²) in [6, 6.07) is 2.08. The lowest BCUT2D eigenvalue weighted by atomic mass is 9.86. The van der Waals surface area contributed by atoms with Gasteiger partial charge in [-0.1, -0.05) is 59.6 Å². The summed E-state index contributed by atoms with van der Waals surface area (Å²) < 4.78 is 1.05. The maximum atomic E-state index is 6.07. The van der Waals surface area contributed by atoms with Gasteiger partial charge < -0.3 is 0 Å². The van der Waals surface area contributed by atoms with E-state index < -0.39 is 0 Å². The van der Waals surface area contributed by atoms with E-state index >= 15 is 0 Å². The van der Waals surface area contributed by atoms with Crippen LogP contribution in [0.5, 0.6) is 0 Å². The maximum absolute atomic E-state index is 6.07. The molecule has 1 heterocycles. The molecule has 1 aliphatic carbocycles. The van der Waals surface area contributed by atoms with Crippen LogP contribution in [0, 0.1) is 5.92 Å². The van der Waals surface area contributed by atoms with Gasteiger partial charge in [0.25, 0.3) is 0 Å². The number of hydrogen-bond acceptors (Lipinski definition) is 1. The first-order valence-electron chi connectivity index (χ1n) is 6.25. The van der Waals surface area contributed by atoms with Gasteiger partial charge in [-0.05, 0) is 40.8 Å². The van der Waals surface area contributed by atoms with Crippen LogP contribution in [0.15, 0.2) is 9.85 Å². The Morgan fingerprint density at radius 1 is 1.35 bits per heavy atom. The number of rotatable bonds is 4. The quantitative estimate of drug-likeness (QED) is 0.479. The summed E-state index contributed by atoms with van der Waals surface area (Å²) in [5, 5.41) is 0.840. The Hall–Kier alpha value is 0.950. The monoisotopic (exact) mass is 398 g/mol. The third-order valence-corrected chi connectivity index (χ3v) is 7.37. The van der Waals surface area contributed by atoms with Gasteiger partial charge in [0.2, 0.25) is 0 Å². The maximum Gasteiger partial charge on any atom is 0.0887 e. The molecule has 1 saturated carbocycles. The minimum absolute atomic E-state index is 0.471. The van der Waals surface area contributed by atoms with Gasteiger partial charge in [-0.2, -0.15) is 0 Å². The van der Waals surface area contributed by atoms with Gasteiger partial charge in [-0.15, -0.1) is 11.3 Å². The lowest BCUT2D eigenvalue weighted by Crippen LogP contribution is -2.06. The van der Waals surface area contributed by atoms with E-state index in [4.69, 9.17) is 11.6 Å². The van der Waals surface area contributed by atoms with E-state index in [1.165, 1.54) is 49.8 Å². The molecule has 1 aliphatic rings. The summed E-state index contributed by atoms with van der Waals surface area (Å²) in [7, 11) is 0. The molecule has 0 radical (unpaired) electrons. The third-order valence-electron chi connectivity index (χ3n) is 3.53. The Kier molecular flexibility index (Phi) is 5.85. The largest absolute Gasteiger partial charge is 0.130 e. The number of thiophene rings is 1. The fourth-order valence-corrected chi connectivity index (χ4v) is 4.95. The molecule has 17 heavy (non-hydrogen) atoms. The predicted molar refractivity (Wildman–Crippen MR) is 84.5 cm³/mol. The Labute approximate surface area is 129 Å². The zero-order valence-corrected chi connectivity index (χ0v) is 14.5. The van der Waals surface area contributed by atoms with Crippen molar-refractivity contribution in [3.05, 3.63) is 19.8 Å². The molecular formula is C13H17Br2ClS. The van der Waals surface area contributed by atoms with Gasteiger partial charge in [0.15, 0.2) is 0 Å². The first-order chi connectivity index (χ1) is 8.16. The molecule has 0 N–H and O–H groups in total. The molecule has 0 bridgehead atoms. The normalized spacial score (nSPS) is 19.5. The molecule has 4 heteroatoms. The molecule has 1 aromatic heterocycles. The van der Waals surface area contributed by atoms with Gasteiger partial charge in [-0.25, -0.2) is 0 Å². The second-order valence-corrected chi connectivity index (χ2v) is 8.73. The minimum Gasteiger partial charge on any atom is -0.130 e. The topological polar surface area (TPSA) is 0 Å². The van der Waals surface area contributed by atoms with Gasteiger partial charge in [0, 0.05) is 9.70 Å². The Morgan fingerprint density at radius 2 is 2.06 bits per heavy atom. The summed E-state index contributed by atoms with van der Waals surface area (Å²) >= 11 is 15.1. The molecule has 0 amide bonds. The molecule has 0 spiro atoms. The second-order valence-electron chi connectivity index (χ2n) is 4.82. The molecule has 2 rings (SSSR count). The highest BCUT2D eigenvalue weighted by atomic mass is 79.9. The fourth-order valence-electron chi connectivity index (χ4n) is 2.52. The first-order valence-corrected chi connectivity index (χ1v) is 9.16. The molecule has 1 fully saturated rings. The lowest BCUT2D eigenvalue weighted by molar-refractivity contribution is 0.332. The van der Waals surface area contributed by atoms with E-state index in [1.54, 1.807) is 11.3 Å². The van der Waals surface area contributed by atoms with Crippen molar-refractivity contribution in [2.24, 2.45) is 5.92 Å². The van der Waals surface area contributed by atoms with E-state index in [-0.39, 0.29) is 0 Å². The van der Waals surface area contributed by atoms with Crippen molar-refractivity contribution in [3.8, 4) is 0 Å². The van der Waals surface area contributed by atoms with E-state index in [2.05, 4.69) is 37.9 Å². The summed E-state index contributed by atoms with van der Waals surface area (Å²) in [6.45, 7) is 0. The zero-order valence-electron chi connectivity index (χ0n) is 9.72. The smallest absolute Gasteiger partial charge is 0.0887 e. The second kappa shape index (κ2) is 6.93. The van der Waals surface area contributed by atoms with Crippen LogP contribution < -0.4 is 0 Å². The van der Waals surface area contributed by atoms with E-state index in [0.29, 0.717) is 4.83 Å². The van der Waals surface area contributed by atoms with E-state index in [9.17, 15) is 0 Å². The van der Waals surface area contributed by atoms with Crippen LogP contribution in [-0.2, 0) is 0 Å². The van der Waals surface area contributed by atoms with E-state index in [0.717, 1.165) is 14.7 Å². The highest BCUT2D eigenvalue weighted by molar-refractivity contribution is 9.11. The fraction of sp³-hybridized carbons (Fsp3) is 0.692. The molecule has 1 aromatic rings. The van der Waals surface area contributed by atoms with Crippen molar-refractivity contribution in [3.63, 3.8) is 0 Å². The van der Waals surface area contributed by atoms with Crippen LogP contribution in [0.25, 0.3) is 0 Å². The molecule has 0 aromatic carbocycles. The molecular weight excluding hydrogens is 383 g/mol. The average Bonchev–Trinajstić information content (AvgIpc) is 2.68. The standard InChI is InChI=1S/C13H17Br2ClS/c14-10(12-8-11(16)13(15)17-12)7-6-9-4-2-1-3-5-9/h8-10H,1-7H2. The SMILES string of the molecule is Clc1cc(C(Br)CCC2CCCCC2)sc1Br. The Balaban J connectivity index is 1.82. The van der Waals surface area contributed by atoms with Crippen molar-refractivity contribution in [2.75, 3.05) is 0 Å². The summed E-state index contributed by atoms with van der Waals surface area (Å²) in [4.78, 5) is 1.82. The van der Waals surface area contributed by atoms with Crippen LogP contribution >= 0.6 is 54.8 Å². The summed E-state index contributed by atoms with van der Waals surface area (Å²) in [5.41, 5.74) is 0. The number of alkyl halides is 1. The molecule has 1 atom stereocenters. The Bertz CT molecular complexity index is 339. The van der Waals surface area contributed by atoms with Crippen LogP contribution in [0.4, 0.5) is 0 Å². The highest BCUT2D eigenvalue weighted by Gasteiger charge is 2.17. The Morgan fingerprint density at radius 3 is 2.65 bits per heavy atom. The van der Waals surface area contributed by atoms with Crippen molar-refractivity contribution in [1.82, 2.24) is 0 Å². The molecule has 0 saturated heterocycles. The molecule has 96 valence electrons. The van der Waals surface area contributed by atoms with Gasteiger partial charge in [0.1, 0.15) is 0 Å². The van der Waals surface area contributed by atoms with Crippen LogP contribution in [0.2, 0.25) is 5.02 Å². The zero-order chi connectivity index (χ0) is 12.3. The van der Waals surface area contributed by atoms with Gasteiger partial charge in [-0.3, -0.25) is 0 Å². The van der Waals surface area contributed by atoms with Gasteiger partial charge in [0.05, 0.1) is 8.81 Å². The van der Waals surface area contributed by atoms with Crippen LogP contribution in [-0.4, -0.2) is 0 Å². The lowest BCUT2D eigenvalue weighted by Gasteiger charge is -2.22. The van der Waals surface area contributed by atoms with Crippen LogP contribution in [0.1, 0.15) is 54.7 Å². The summed E-state index contributed by atoms with van der Waals surface area (Å²) in [6.07, 6.45) is 9.78. The number of halogens is 3. The summed E-state index contributed by atoms with van der Waals surface area (Å²) in [5.74, 6) is 0.961. The molecule has 0 aliphatic heterocycles. The first kappa shape index (κ1) is 14.4. The van der Waals surface area contributed by atoms with Crippen molar-refractivity contribution in [1.29, 1.82) is 0 Å². The van der Waals surface area contributed by atoms with Crippen LogP contribution in [0.3, 0.4) is 0 Å². The highest BCUT2D eigenvalue weighted by Crippen LogP contribution is 2.41. The van der Waals surface area contributed by atoms with Crippen molar-refractivity contribution >= 4 is 54.8 Å². The molecule has 0 nitrogen and oxygen atoms in total. The predicted octanol–water partition coefficient (Wildman–Crippen LogP) is 6.96. The minimum atomic E-state index is 0.471. The van der Waals surface area contributed by atoms with Gasteiger partial charge >= 0.3 is 0 Å².